The van der Waals surface area contributed by atoms with Gasteiger partial charge in [-0.2, -0.15) is 0 Å². The number of carbonyl (C=O) groups excluding carboxylic acids is 2. The van der Waals surface area contributed by atoms with Crippen molar-refractivity contribution in [3.8, 4) is 5.75 Å². The minimum absolute atomic E-state index is 0.0770. The number of hydrogen-bond acceptors (Lipinski definition) is 5. The maximum Gasteiger partial charge on any atom is 0.249 e. The molecular formula is C30H35N5O3. The second-order valence-corrected chi connectivity index (χ2v) is 10.2. The van der Waals surface area contributed by atoms with Gasteiger partial charge in [-0.05, 0) is 81.6 Å². The minimum Gasteiger partial charge on any atom is -0.494 e. The van der Waals surface area contributed by atoms with Crippen LogP contribution < -0.4 is 15.0 Å². The molecule has 0 saturated carbocycles. The molecule has 1 unspecified atom stereocenters. The molecule has 0 saturated heterocycles. The molecule has 4 rings (SSSR count). The number of hydrogen-bond donors (Lipinski definition) is 1. The van der Waals surface area contributed by atoms with E-state index in [-0.39, 0.29) is 18.4 Å². The van der Waals surface area contributed by atoms with E-state index in [1.807, 2.05) is 100 Å². The number of fused-ring (bicyclic) bond motifs is 1. The number of para-hydroxylation sites is 1. The smallest absolute Gasteiger partial charge is 0.249 e. The zero-order chi connectivity index (χ0) is 27.3. The van der Waals surface area contributed by atoms with Crippen molar-refractivity contribution < 1.29 is 14.3 Å². The molecular weight excluding hydrogens is 478 g/mol. The maximum atomic E-state index is 14.1. The van der Waals surface area contributed by atoms with Crippen molar-refractivity contribution in [2.75, 3.05) is 11.5 Å². The van der Waals surface area contributed by atoms with Crippen molar-refractivity contribution in [3.63, 3.8) is 0 Å². The molecule has 1 N–H and O–H groups in total. The molecule has 198 valence electrons. The van der Waals surface area contributed by atoms with Gasteiger partial charge in [0.25, 0.3) is 0 Å². The highest BCUT2D eigenvalue weighted by Gasteiger charge is 2.35. The Morgan fingerprint density at radius 2 is 1.66 bits per heavy atom. The number of benzene rings is 3. The van der Waals surface area contributed by atoms with Gasteiger partial charge in [0.05, 0.1) is 12.1 Å². The van der Waals surface area contributed by atoms with Crippen molar-refractivity contribution in [1.29, 1.82) is 0 Å². The first kappa shape index (κ1) is 26.9. The first-order valence-corrected chi connectivity index (χ1v) is 12.9. The Balaban J connectivity index is 1.81. The molecule has 0 aliphatic carbocycles. The second kappa shape index (κ2) is 11.5. The van der Waals surface area contributed by atoms with E-state index in [0.29, 0.717) is 29.1 Å². The van der Waals surface area contributed by atoms with E-state index in [1.54, 1.807) is 9.58 Å². The van der Waals surface area contributed by atoms with Crippen LogP contribution in [0.5, 0.6) is 5.75 Å². The summed E-state index contributed by atoms with van der Waals surface area (Å²) in [6, 6.07) is 21.6. The van der Waals surface area contributed by atoms with Gasteiger partial charge >= 0.3 is 0 Å². The average molecular weight is 514 g/mol. The van der Waals surface area contributed by atoms with Crippen LogP contribution in [-0.2, 0) is 22.6 Å². The Bertz CT molecular complexity index is 1390. The zero-order valence-corrected chi connectivity index (χ0v) is 22.6. The molecule has 0 radical (unpaired) electrons. The number of rotatable bonds is 9. The number of nitrogens with one attached hydrogen (secondary N) is 1. The Morgan fingerprint density at radius 1 is 0.974 bits per heavy atom. The number of aryl methyl sites for hydroxylation is 1. The van der Waals surface area contributed by atoms with Crippen LogP contribution in [0.1, 0.15) is 51.8 Å². The number of amides is 2. The molecule has 1 heterocycles. The lowest BCUT2D eigenvalue weighted by molar-refractivity contribution is -0.128. The van der Waals surface area contributed by atoms with Crippen LogP contribution >= 0.6 is 0 Å². The zero-order valence-electron chi connectivity index (χ0n) is 22.6. The monoisotopic (exact) mass is 513 g/mol. The summed E-state index contributed by atoms with van der Waals surface area (Å²) in [7, 11) is 0. The summed E-state index contributed by atoms with van der Waals surface area (Å²) >= 11 is 0. The third kappa shape index (κ3) is 6.19. The normalized spacial score (nSPS) is 12.2. The lowest BCUT2D eigenvalue weighted by Gasteiger charge is -2.34. The minimum atomic E-state index is -0.917. The van der Waals surface area contributed by atoms with Gasteiger partial charge in [-0.3, -0.25) is 14.5 Å². The van der Waals surface area contributed by atoms with E-state index in [0.717, 1.165) is 17.5 Å². The maximum absolute atomic E-state index is 14.1. The first-order valence-electron chi connectivity index (χ1n) is 12.9. The van der Waals surface area contributed by atoms with Crippen molar-refractivity contribution in [2.45, 2.75) is 59.2 Å². The molecule has 8 nitrogen and oxygen atoms in total. The number of aromatic nitrogens is 3. The molecule has 0 aliphatic rings. The third-order valence-corrected chi connectivity index (χ3v) is 6.11. The molecule has 0 bridgehead atoms. The van der Waals surface area contributed by atoms with Gasteiger partial charge in [0.2, 0.25) is 11.8 Å². The number of nitrogens with zero attached hydrogens (tertiary/aromatic N) is 4. The average Bonchev–Trinajstić information content (AvgIpc) is 3.29. The van der Waals surface area contributed by atoms with Crippen molar-refractivity contribution in [3.05, 3.63) is 83.9 Å². The van der Waals surface area contributed by atoms with Crippen LogP contribution in [0.4, 0.5) is 5.69 Å². The van der Waals surface area contributed by atoms with E-state index in [4.69, 9.17) is 4.74 Å². The molecule has 4 aromatic rings. The summed E-state index contributed by atoms with van der Waals surface area (Å²) in [6.45, 7) is 10.2. The standard InChI is InChI=1S/C30H35N5O3/c1-6-21-12-16-23(17-13-21)35(27(36)20-34-26-11-9-8-10-25(26)32-33-34)28(29(37)31-30(3,4)5)22-14-18-24(19-15-22)38-7-2/h8-19,28H,6-7,20H2,1-5H3,(H,31,37). The summed E-state index contributed by atoms with van der Waals surface area (Å²) in [6.07, 6.45) is 0.867. The lowest BCUT2D eigenvalue weighted by Crippen LogP contribution is -2.50. The van der Waals surface area contributed by atoms with E-state index < -0.39 is 11.6 Å². The highest BCUT2D eigenvalue weighted by atomic mass is 16.5. The predicted molar refractivity (Wildman–Crippen MR) is 149 cm³/mol. The largest absolute Gasteiger partial charge is 0.494 e. The van der Waals surface area contributed by atoms with Crippen LogP contribution in [0, 0.1) is 0 Å². The summed E-state index contributed by atoms with van der Waals surface area (Å²) in [5.41, 5.74) is 3.39. The summed E-state index contributed by atoms with van der Waals surface area (Å²) in [4.78, 5) is 29.5. The van der Waals surface area contributed by atoms with Gasteiger partial charge in [-0.15, -0.1) is 5.10 Å². The highest BCUT2D eigenvalue weighted by Crippen LogP contribution is 2.31. The summed E-state index contributed by atoms with van der Waals surface area (Å²) < 4.78 is 7.18. The van der Waals surface area contributed by atoms with E-state index >= 15 is 0 Å². The number of ether oxygens (including phenoxy) is 1. The van der Waals surface area contributed by atoms with E-state index in [9.17, 15) is 9.59 Å². The molecule has 3 aromatic carbocycles. The fourth-order valence-electron chi connectivity index (χ4n) is 4.34. The summed E-state index contributed by atoms with van der Waals surface area (Å²) in [5, 5.41) is 11.5. The molecule has 8 heteroatoms. The van der Waals surface area contributed by atoms with Gasteiger partial charge in [0, 0.05) is 11.2 Å². The van der Waals surface area contributed by atoms with Crippen molar-refractivity contribution >= 4 is 28.5 Å². The van der Waals surface area contributed by atoms with Crippen LogP contribution in [0.15, 0.2) is 72.8 Å². The van der Waals surface area contributed by atoms with Gasteiger partial charge in [-0.1, -0.05) is 48.5 Å². The molecule has 2 amide bonds. The molecule has 1 aromatic heterocycles. The SMILES string of the molecule is CCOc1ccc(C(C(=O)NC(C)(C)C)N(C(=O)Cn2nnc3ccccc32)c2ccc(CC)cc2)cc1. The van der Waals surface area contributed by atoms with Gasteiger partial charge in [0.1, 0.15) is 23.9 Å². The Kier molecular flexibility index (Phi) is 8.10. The van der Waals surface area contributed by atoms with Crippen LogP contribution in [-0.4, -0.2) is 39.0 Å². The van der Waals surface area contributed by atoms with E-state index in [2.05, 4.69) is 22.6 Å². The van der Waals surface area contributed by atoms with E-state index in [1.165, 1.54) is 0 Å². The van der Waals surface area contributed by atoms with Crippen molar-refractivity contribution in [1.82, 2.24) is 20.3 Å². The fourth-order valence-corrected chi connectivity index (χ4v) is 4.34. The summed E-state index contributed by atoms with van der Waals surface area (Å²) in [5.74, 6) is 0.136. The first-order chi connectivity index (χ1) is 18.2. The molecule has 1 atom stereocenters. The fraction of sp³-hybridized carbons (Fsp3) is 0.333. The van der Waals surface area contributed by atoms with Crippen LogP contribution in [0.2, 0.25) is 0 Å². The Morgan fingerprint density at radius 3 is 2.29 bits per heavy atom. The second-order valence-electron chi connectivity index (χ2n) is 10.2. The van der Waals surface area contributed by atoms with Crippen LogP contribution in [0.3, 0.4) is 0 Å². The lowest BCUT2D eigenvalue weighted by atomic mass is 10.00. The van der Waals surface area contributed by atoms with Gasteiger partial charge < -0.3 is 10.1 Å². The topological polar surface area (TPSA) is 89.4 Å². The predicted octanol–water partition coefficient (Wildman–Crippen LogP) is 5.08. The quantitative estimate of drug-likeness (QED) is 0.337. The molecule has 0 fully saturated rings. The highest BCUT2D eigenvalue weighted by molar-refractivity contribution is 6.01. The number of carbonyl (C=O) groups is 2. The van der Waals surface area contributed by atoms with Gasteiger partial charge in [0.15, 0.2) is 0 Å². The Hall–Kier alpha value is -4.20. The van der Waals surface area contributed by atoms with Gasteiger partial charge in [-0.25, -0.2) is 4.68 Å². The molecule has 38 heavy (non-hydrogen) atoms. The molecule has 0 spiro atoms. The number of anilines is 1. The third-order valence-electron chi connectivity index (χ3n) is 6.11. The Labute approximate surface area is 223 Å². The molecule has 0 aliphatic heterocycles. The van der Waals surface area contributed by atoms with Crippen LogP contribution in [0.25, 0.3) is 11.0 Å². The van der Waals surface area contributed by atoms with Crippen molar-refractivity contribution in [2.24, 2.45) is 0 Å².